The van der Waals surface area contributed by atoms with Crippen molar-refractivity contribution in [2.24, 2.45) is 5.84 Å². The van der Waals surface area contributed by atoms with Gasteiger partial charge in [0.15, 0.2) is 0 Å². The molecule has 3 nitrogen and oxygen atoms in total. The lowest BCUT2D eigenvalue weighted by Crippen LogP contribution is -2.38. The van der Waals surface area contributed by atoms with Gasteiger partial charge in [0.25, 0.3) is 0 Å². The number of hydrogen-bond donors (Lipinski definition) is 2. The molecule has 1 unspecified atom stereocenters. The van der Waals surface area contributed by atoms with Crippen LogP contribution in [-0.2, 0) is 6.42 Å². The van der Waals surface area contributed by atoms with Crippen LogP contribution in [0.3, 0.4) is 0 Å². The van der Waals surface area contributed by atoms with Crippen LogP contribution in [0.25, 0.3) is 0 Å². The Morgan fingerprint density at radius 1 is 1.14 bits per heavy atom. The molecule has 0 bridgehead atoms. The van der Waals surface area contributed by atoms with E-state index in [0.717, 1.165) is 17.9 Å². The van der Waals surface area contributed by atoms with E-state index in [4.69, 9.17) is 10.6 Å². The van der Waals surface area contributed by atoms with Crippen molar-refractivity contribution in [2.75, 3.05) is 12.9 Å². The van der Waals surface area contributed by atoms with Crippen molar-refractivity contribution in [3.63, 3.8) is 0 Å². The fourth-order valence-electron chi connectivity index (χ4n) is 2.13. The number of nitrogens with one attached hydrogen (secondary N) is 1. The molecular formula is C17H22N2OS. The molecule has 112 valence electrons. The molecule has 0 fully saturated rings. The highest BCUT2D eigenvalue weighted by molar-refractivity contribution is 7.99. The highest BCUT2D eigenvalue weighted by Crippen LogP contribution is 2.23. The van der Waals surface area contributed by atoms with E-state index in [1.54, 1.807) is 7.11 Å². The zero-order valence-electron chi connectivity index (χ0n) is 12.5. The number of nitrogens with two attached hydrogens (primary N) is 1. The minimum absolute atomic E-state index is 0.201. The summed E-state index contributed by atoms with van der Waals surface area (Å²) < 4.78 is 5.39. The van der Waals surface area contributed by atoms with Gasteiger partial charge < -0.3 is 4.74 Å². The minimum atomic E-state index is 0.201. The molecule has 0 aliphatic heterocycles. The number of rotatable bonds is 7. The number of para-hydroxylation sites is 1. The minimum Gasteiger partial charge on any atom is -0.496 e. The summed E-state index contributed by atoms with van der Waals surface area (Å²) in [5, 5.41) is 0. The third-order valence-electron chi connectivity index (χ3n) is 3.37. The summed E-state index contributed by atoms with van der Waals surface area (Å²) in [6, 6.07) is 16.8. The van der Waals surface area contributed by atoms with E-state index in [0.29, 0.717) is 0 Å². The lowest BCUT2D eigenvalue weighted by Gasteiger charge is -2.17. The SMILES string of the molecule is COc1ccccc1CC(CSc1ccc(C)cc1)NN. The topological polar surface area (TPSA) is 47.3 Å². The molecule has 0 saturated heterocycles. The van der Waals surface area contributed by atoms with Crippen LogP contribution < -0.4 is 16.0 Å². The van der Waals surface area contributed by atoms with E-state index < -0.39 is 0 Å². The molecule has 0 aliphatic rings. The molecule has 2 aromatic rings. The normalized spacial score (nSPS) is 12.1. The molecule has 0 spiro atoms. The fraction of sp³-hybridized carbons (Fsp3) is 0.294. The Kier molecular flexibility index (Phi) is 6.11. The molecule has 2 rings (SSSR count). The Bertz CT molecular complexity index is 557. The predicted molar refractivity (Wildman–Crippen MR) is 89.7 cm³/mol. The van der Waals surface area contributed by atoms with E-state index in [1.165, 1.54) is 16.0 Å². The van der Waals surface area contributed by atoms with Crippen LogP contribution >= 0.6 is 11.8 Å². The Labute approximate surface area is 130 Å². The van der Waals surface area contributed by atoms with Crippen LogP contribution in [0, 0.1) is 6.92 Å². The molecule has 0 saturated carbocycles. The standard InChI is InChI=1S/C17H22N2OS/c1-13-7-9-16(10-8-13)21-12-15(19-18)11-14-5-3-4-6-17(14)20-2/h3-10,15,19H,11-12,18H2,1-2H3. The largest absolute Gasteiger partial charge is 0.496 e. The second kappa shape index (κ2) is 8.08. The number of benzene rings is 2. The molecule has 0 radical (unpaired) electrons. The van der Waals surface area contributed by atoms with Gasteiger partial charge in [0.2, 0.25) is 0 Å². The summed E-state index contributed by atoms with van der Waals surface area (Å²) in [4.78, 5) is 1.26. The third-order valence-corrected chi connectivity index (χ3v) is 4.54. The summed E-state index contributed by atoms with van der Waals surface area (Å²) in [6.45, 7) is 2.10. The molecule has 0 heterocycles. The first-order chi connectivity index (χ1) is 10.2. The first-order valence-electron chi connectivity index (χ1n) is 7.00. The fourth-order valence-corrected chi connectivity index (χ4v) is 3.07. The Balaban J connectivity index is 1.95. The second-order valence-corrected chi connectivity index (χ2v) is 6.10. The molecule has 4 heteroatoms. The summed E-state index contributed by atoms with van der Waals surface area (Å²) in [5.74, 6) is 7.53. The molecule has 0 aromatic heterocycles. The first kappa shape index (κ1) is 15.9. The van der Waals surface area contributed by atoms with Crippen molar-refractivity contribution in [1.29, 1.82) is 0 Å². The van der Waals surface area contributed by atoms with Crippen molar-refractivity contribution < 1.29 is 4.74 Å². The lowest BCUT2D eigenvalue weighted by atomic mass is 10.1. The van der Waals surface area contributed by atoms with E-state index in [2.05, 4.69) is 42.7 Å². The van der Waals surface area contributed by atoms with Gasteiger partial charge in [0.1, 0.15) is 5.75 Å². The van der Waals surface area contributed by atoms with Gasteiger partial charge in [-0.15, -0.1) is 11.8 Å². The van der Waals surface area contributed by atoms with E-state index >= 15 is 0 Å². The van der Waals surface area contributed by atoms with Crippen LogP contribution in [-0.4, -0.2) is 18.9 Å². The molecule has 1 atom stereocenters. The number of aryl methyl sites for hydroxylation is 1. The van der Waals surface area contributed by atoms with Gasteiger partial charge in [-0.1, -0.05) is 35.9 Å². The van der Waals surface area contributed by atoms with E-state index in [1.807, 2.05) is 30.0 Å². The van der Waals surface area contributed by atoms with Gasteiger partial charge in [-0.25, -0.2) is 0 Å². The molecular weight excluding hydrogens is 280 g/mol. The molecule has 0 aliphatic carbocycles. The van der Waals surface area contributed by atoms with Crippen molar-refractivity contribution in [1.82, 2.24) is 5.43 Å². The molecule has 2 aromatic carbocycles. The molecule has 0 amide bonds. The van der Waals surface area contributed by atoms with Gasteiger partial charge in [0.05, 0.1) is 7.11 Å². The second-order valence-electron chi connectivity index (χ2n) is 5.00. The highest BCUT2D eigenvalue weighted by atomic mass is 32.2. The van der Waals surface area contributed by atoms with E-state index in [9.17, 15) is 0 Å². The monoisotopic (exact) mass is 302 g/mol. The zero-order valence-corrected chi connectivity index (χ0v) is 13.3. The number of methoxy groups -OCH3 is 1. The first-order valence-corrected chi connectivity index (χ1v) is 7.99. The maximum Gasteiger partial charge on any atom is 0.122 e. The molecule has 3 N–H and O–H groups in total. The van der Waals surface area contributed by atoms with Gasteiger partial charge in [-0.2, -0.15) is 0 Å². The van der Waals surface area contributed by atoms with Gasteiger partial charge in [0, 0.05) is 16.7 Å². The number of hydrazine groups is 1. The van der Waals surface area contributed by atoms with Crippen LogP contribution in [0.2, 0.25) is 0 Å². The number of ether oxygens (including phenoxy) is 1. The van der Waals surface area contributed by atoms with Crippen LogP contribution in [0.1, 0.15) is 11.1 Å². The average molecular weight is 302 g/mol. The van der Waals surface area contributed by atoms with Crippen molar-refractivity contribution >= 4 is 11.8 Å². The Hall–Kier alpha value is -1.49. The van der Waals surface area contributed by atoms with Crippen LogP contribution in [0.15, 0.2) is 53.4 Å². The highest BCUT2D eigenvalue weighted by Gasteiger charge is 2.11. The summed E-state index contributed by atoms with van der Waals surface area (Å²) in [6.07, 6.45) is 0.847. The van der Waals surface area contributed by atoms with Crippen molar-refractivity contribution in [2.45, 2.75) is 24.3 Å². The molecule has 21 heavy (non-hydrogen) atoms. The maximum atomic E-state index is 5.70. The van der Waals surface area contributed by atoms with Gasteiger partial charge in [-0.3, -0.25) is 11.3 Å². The van der Waals surface area contributed by atoms with E-state index in [-0.39, 0.29) is 6.04 Å². The summed E-state index contributed by atoms with van der Waals surface area (Å²) in [7, 11) is 1.70. The Morgan fingerprint density at radius 2 is 1.86 bits per heavy atom. The van der Waals surface area contributed by atoms with Gasteiger partial charge >= 0.3 is 0 Å². The zero-order chi connectivity index (χ0) is 15.1. The number of thioether (sulfide) groups is 1. The smallest absolute Gasteiger partial charge is 0.122 e. The van der Waals surface area contributed by atoms with Crippen LogP contribution in [0.5, 0.6) is 5.75 Å². The average Bonchev–Trinajstić information content (AvgIpc) is 2.53. The van der Waals surface area contributed by atoms with Crippen molar-refractivity contribution in [3.8, 4) is 5.75 Å². The lowest BCUT2D eigenvalue weighted by molar-refractivity contribution is 0.406. The quantitative estimate of drug-likeness (QED) is 0.468. The summed E-state index contributed by atoms with van der Waals surface area (Å²) in [5.41, 5.74) is 5.36. The summed E-state index contributed by atoms with van der Waals surface area (Å²) >= 11 is 1.81. The van der Waals surface area contributed by atoms with Crippen molar-refractivity contribution in [3.05, 3.63) is 59.7 Å². The predicted octanol–water partition coefficient (Wildman–Crippen LogP) is 3.17. The Morgan fingerprint density at radius 3 is 2.52 bits per heavy atom. The maximum absolute atomic E-state index is 5.70. The third kappa shape index (κ3) is 4.77. The van der Waals surface area contributed by atoms with Crippen LogP contribution in [0.4, 0.5) is 0 Å². The van der Waals surface area contributed by atoms with Gasteiger partial charge in [-0.05, 0) is 37.1 Å². The number of hydrogen-bond acceptors (Lipinski definition) is 4.